The normalized spacial score (nSPS) is 19.7. The van der Waals surface area contributed by atoms with Crippen LogP contribution >= 0.6 is 0 Å². The van der Waals surface area contributed by atoms with E-state index < -0.39 is 0 Å². The first kappa shape index (κ1) is 27.7. The minimum atomic E-state index is -0.149. The first-order valence-corrected chi connectivity index (χ1v) is 13.5. The van der Waals surface area contributed by atoms with E-state index in [1.165, 1.54) is 51.4 Å². The van der Waals surface area contributed by atoms with Gasteiger partial charge in [-0.3, -0.25) is 4.79 Å². The van der Waals surface area contributed by atoms with Crippen molar-refractivity contribution in [3.05, 3.63) is 22.3 Å². The van der Waals surface area contributed by atoms with Gasteiger partial charge in [0.2, 0.25) is 0 Å². The predicted molar refractivity (Wildman–Crippen MR) is 140 cm³/mol. The highest BCUT2D eigenvalue weighted by Crippen LogP contribution is 2.44. The number of ether oxygens (including phenoxy) is 2. The average Bonchev–Trinajstić information content (AvgIpc) is 2.76. The summed E-state index contributed by atoms with van der Waals surface area (Å²) in [5, 5.41) is 0. The van der Waals surface area contributed by atoms with Crippen LogP contribution in [0.3, 0.4) is 0 Å². The fraction of sp³-hybridized carbons (Fsp3) is 0.767. The summed E-state index contributed by atoms with van der Waals surface area (Å²) < 4.78 is 12.2. The fourth-order valence-corrected chi connectivity index (χ4v) is 5.47. The number of carbonyl (C=O) groups excluding carboxylic acids is 1. The molecule has 2 rings (SSSR count). The Hall–Kier alpha value is -1.51. The molecular weight excluding hydrogens is 408 g/mol. The molecule has 33 heavy (non-hydrogen) atoms. The number of rotatable bonds is 14. The average molecular weight is 459 g/mol. The van der Waals surface area contributed by atoms with Crippen molar-refractivity contribution >= 4 is 6.29 Å². The molecule has 3 atom stereocenters. The van der Waals surface area contributed by atoms with Crippen molar-refractivity contribution in [1.29, 1.82) is 0 Å². The van der Waals surface area contributed by atoms with Gasteiger partial charge in [-0.1, -0.05) is 72.6 Å². The molecule has 0 N–H and O–H groups in total. The number of methoxy groups -OCH3 is 1. The lowest BCUT2D eigenvalue weighted by Gasteiger charge is -2.38. The topological polar surface area (TPSA) is 35.5 Å². The van der Waals surface area contributed by atoms with Gasteiger partial charge in [-0.05, 0) is 75.3 Å². The highest BCUT2D eigenvalue weighted by atomic mass is 16.5. The van der Waals surface area contributed by atoms with E-state index in [0.29, 0.717) is 11.3 Å². The zero-order valence-corrected chi connectivity index (χ0v) is 22.8. The summed E-state index contributed by atoms with van der Waals surface area (Å²) in [5.74, 6) is 4.11. The maximum Gasteiger partial charge on any atom is 0.154 e. The smallest absolute Gasteiger partial charge is 0.154 e. The Kier molecular flexibility index (Phi) is 10.8. The summed E-state index contributed by atoms with van der Waals surface area (Å²) in [5.41, 5.74) is 3.66. The zero-order valence-electron chi connectivity index (χ0n) is 22.8. The highest BCUT2D eigenvalue weighted by molar-refractivity contribution is 5.85. The van der Waals surface area contributed by atoms with Crippen LogP contribution in [0.1, 0.15) is 126 Å². The minimum Gasteiger partial charge on any atom is -0.496 e. The van der Waals surface area contributed by atoms with Gasteiger partial charge in [-0.25, -0.2) is 0 Å². The zero-order chi connectivity index (χ0) is 24.6. The quantitative estimate of drug-likeness (QED) is 0.262. The summed E-state index contributed by atoms with van der Waals surface area (Å²) in [7, 11) is 1.64. The summed E-state index contributed by atoms with van der Waals surface area (Å²) in [4.78, 5) is 11.8. The van der Waals surface area contributed by atoms with Gasteiger partial charge < -0.3 is 9.47 Å². The molecule has 0 saturated carbocycles. The largest absolute Gasteiger partial charge is 0.496 e. The van der Waals surface area contributed by atoms with Crippen LogP contribution < -0.4 is 9.47 Å². The van der Waals surface area contributed by atoms with Gasteiger partial charge in [-0.15, -0.1) is 0 Å². The summed E-state index contributed by atoms with van der Waals surface area (Å²) >= 11 is 0. The van der Waals surface area contributed by atoms with E-state index in [4.69, 9.17) is 9.47 Å². The van der Waals surface area contributed by atoms with Gasteiger partial charge in [0.05, 0.1) is 12.7 Å². The predicted octanol–water partition coefficient (Wildman–Crippen LogP) is 8.65. The third kappa shape index (κ3) is 7.76. The number of hydrogen-bond acceptors (Lipinski definition) is 3. The Bertz CT molecular complexity index is 767. The Balaban J connectivity index is 1.81. The molecule has 0 aliphatic carbocycles. The molecule has 0 radical (unpaired) electrons. The molecule has 0 aromatic heterocycles. The molecule has 1 aliphatic rings. The van der Waals surface area contributed by atoms with Gasteiger partial charge in [0.25, 0.3) is 0 Å². The van der Waals surface area contributed by atoms with Crippen molar-refractivity contribution in [3.63, 3.8) is 0 Å². The van der Waals surface area contributed by atoms with E-state index in [1.54, 1.807) is 7.11 Å². The van der Waals surface area contributed by atoms with Gasteiger partial charge >= 0.3 is 0 Å². The lowest BCUT2D eigenvalue weighted by atomic mass is 9.83. The molecule has 1 aliphatic heterocycles. The molecule has 0 bridgehead atoms. The summed E-state index contributed by atoms with van der Waals surface area (Å²) in [6.07, 6.45) is 14.5. The third-order valence-corrected chi connectivity index (χ3v) is 7.94. The van der Waals surface area contributed by atoms with E-state index in [2.05, 4.69) is 41.5 Å². The van der Waals surface area contributed by atoms with E-state index in [1.807, 2.05) is 6.92 Å². The van der Waals surface area contributed by atoms with Crippen molar-refractivity contribution < 1.29 is 14.3 Å². The Morgan fingerprint density at radius 1 is 0.939 bits per heavy atom. The minimum absolute atomic E-state index is 0.149. The number of aldehydes is 1. The molecule has 3 unspecified atom stereocenters. The standard InChI is InChI=1S/C30H50O3/c1-21(2)12-9-13-22(3)14-10-15-23(4)16-11-18-30(7)19-17-26-27(20-31)28(32-8)24(5)25(6)29(26)33-30/h20-23H,9-19H2,1-8H3. The lowest BCUT2D eigenvalue weighted by molar-refractivity contribution is 0.0510. The molecule has 0 fully saturated rings. The van der Waals surface area contributed by atoms with E-state index in [0.717, 1.165) is 65.7 Å². The van der Waals surface area contributed by atoms with E-state index >= 15 is 0 Å². The maximum absolute atomic E-state index is 11.8. The summed E-state index contributed by atoms with van der Waals surface area (Å²) in [6, 6.07) is 0. The van der Waals surface area contributed by atoms with E-state index in [-0.39, 0.29) is 5.60 Å². The van der Waals surface area contributed by atoms with Crippen molar-refractivity contribution in [2.75, 3.05) is 7.11 Å². The first-order valence-electron chi connectivity index (χ1n) is 13.5. The Labute approximate surface area is 204 Å². The fourth-order valence-electron chi connectivity index (χ4n) is 5.47. The van der Waals surface area contributed by atoms with Gasteiger partial charge in [0.15, 0.2) is 6.29 Å². The number of benzene rings is 1. The van der Waals surface area contributed by atoms with Crippen LogP contribution in [0.5, 0.6) is 11.5 Å². The second kappa shape index (κ2) is 12.8. The highest BCUT2D eigenvalue weighted by Gasteiger charge is 2.35. The monoisotopic (exact) mass is 458 g/mol. The lowest BCUT2D eigenvalue weighted by Crippen LogP contribution is -2.37. The number of hydrogen-bond donors (Lipinski definition) is 0. The number of fused-ring (bicyclic) bond motifs is 1. The van der Waals surface area contributed by atoms with Crippen LogP contribution in [0.4, 0.5) is 0 Å². The van der Waals surface area contributed by atoms with Crippen molar-refractivity contribution in [2.45, 2.75) is 125 Å². The SMILES string of the molecule is COc1c(C)c(C)c2c(c1C=O)CCC(C)(CCCC(C)CCCC(C)CCCC(C)C)O2. The maximum atomic E-state index is 11.8. The molecule has 3 heteroatoms. The Morgan fingerprint density at radius 3 is 2.06 bits per heavy atom. The molecule has 0 saturated heterocycles. The van der Waals surface area contributed by atoms with Crippen LogP contribution in [0.15, 0.2) is 0 Å². The van der Waals surface area contributed by atoms with Gasteiger partial charge in [-0.2, -0.15) is 0 Å². The van der Waals surface area contributed by atoms with Crippen LogP contribution in [0, 0.1) is 31.6 Å². The number of carbonyl (C=O) groups is 1. The van der Waals surface area contributed by atoms with Crippen molar-refractivity contribution in [1.82, 2.24) is 0 Å². The van der Waals surface area contributed by atoms with Crippen LogP contribution in [-0.2, 0) is 6.42 Å². The van der Waals surface area contributed by atoms with Crippen molar-refractivity contribution in [2.24, 2.45) is 17.8 Å². The second-order valence-corrected chi connectivity index (χ2v) is 11.5. The van der Waals surface area contributed by atoms with Crippen LogP contribution in [0.25, 0.3) is 0 Å². The molecule has 1 heterocycles. The molecular formula is C30H50O3. The van der Waals surface area contributed by atoms with Crippen LogP contribution in [-0.4, -0.2) is 19.0 Å². The molecule has 0 spiro atoms. The molecule has 1 aromatic carbocycles. The van der Waals surface area contributed by atoms with Crippen LogP contribution in [0.2, 0.25) is 0 Å². The molecule has 0 amide bonds. The van der Waals surface area contributed by atoms with Gasteiger partial charge in [0.1, 0.15) is 17.1 Å². The van der Waals surface area contributed by atoms with Gasteiger partial charge in [0, 0.05) is 5.56 Å². The first-order chi connectivity index (χ1) is 15.6. The molecule has 1 aromatic rings. The van der Waals surface area contributed by atoms with E-state index in [9.17, 15) is 4.79 Å². The Morgan fingerprint density at radius 2 is 1.52 bits per heavy atom. The summed E-state index contributed by atoms with van der Waals surface area (Å²) in [6.45, 7) is 15.8. The third-order valence-electron chi connectivity index (χ3n) is 7.94. The van der Waals surface area contributed by atoms with Crippen molar-refractivity contribution in [3.8, 4) is 11.5 Å². The molecule has 3 nitrogen and oxygen atoms in total. The molecule has 188 valence electrons. The second-order valence-electron chi connectivity index (χ2n) is 11.5.